The molecule has 1 aliphatic rings. The van der Waals surface area contributed by atoms with Crippen molar-refractivity contribution in [1.82, 2.24) is 0 Å². The van der Waals surface area contributed by atoms with Gasteiger partial charge in [0.15, 0.2) is 0 Å². The lowest BCUT2D eigenvalue weighted by molar-refractivity contribution is 0.0556. The van der Waals surface area contributed by atoms with Crippen molar-refractivity contribution in [1.29, 1.82) is 0 Å². The van der Waals surface area contributed by atoms with E-state index in [1.165, 1.54) is 11.1 Å². The topological polar surface area (TPSA) is 29.5 Å². The number of fused-ring (bicyclic) bond motifs is 1. The molecule has 0 N–H and O–H groups in total. The summed E-state index contributed by atoms with van der Waals surface area (Å²) < 4.78 is 5.71. The number of carbonyl (C=O) groups is 1. The highest BCUT2D eigenvalue weighted by atomic mass is 16.6. The van der Waals surface area contributed by atoms with Crippen molar-refractivity contribution in [3.63, 3.8) is 0 Å². The molecule has 0 aromatic heterocycles. The van der Waals surface area contributed by atoms with Gasteiger partial charge < -0.3 is 4.74 Å². The van der Waals surface area contributed by atoms with Gasteiger partial charge in [-0.15, -0.1) is 0 Å². The van der Waals surface area contributed by atoms with Crippen LogP contribution in [0.3, 0.4) is 0 Å². The monoisotopic (exact) mass is 363 g/mol. The maximum Gasteiger partial charge on any atom is 0.415 e. The fraction of sp³-hybridized carbons (Fsp3) is 0.375. The molecule has 0 spiro atoms. The summed E-state index contributed by atoms with van der Waals surface area (Å²) in [4.78, 5) is 14.8. The molecule has 1 aliphatic heterocycles. The molecule has 0 saturated carbocycles. The van der Waals surface area contributed by atoms with Crippen LogP contribution in [0.5, 0.6) is 0 Å². The summed E-state index contributed by atoms with van der Waals surface area (Å²) in [5.41, 5.74) is 4.60. The quantitative estimate of drug-likeness (QED) is 0.595. The van der Waals surface area contributed by atoms with E-state index in [1.54, 1.807) is 4.90 Å². The Labute approximate surface area is 162 Å². The minimum Gasteiger partial charge on any atom is -0.443 e. The van der Waals surface area contributed by atoms with E-state index in [0.29, 0.717) is 0 Å². The highest BCUT2D eigenvalue weighted by Crippen LogP contribution is 2.42. The van der Waals surface area contributed by atoms with Gasteiger partial charge in [0, 0.05) is 5.56 Å². The number of benzene rings is 2. The highest BCUT2D eigenvalue weighted by molar-refractivity contribution is 5.98. The average molecular weight is 364 g/mol. The standard InChI is InChI=1S/C24H29NO2/c1-7-17-16-24(5,6)25(22(26)27-23(2,3)4)21-14-13-19(15-20(17)21)18-11-9-8-10-12-18/h8-16H,7H2,1-6H3. The van der Waals surface area contributed by atoms with E-state index < -0.39 is 11.1 Å². The molecule has 0 unspecified atom stereocenters. The van der Waals surface area contributed by atoms with Crippen LogP contribution in [0.4, 0.5) is 10.5 Å². The van der Waals surface area contributed by atoms with Gasteiger partial charge >= 0.3 is 6.09 Å². The van der Waals surface area contributed by atoms with Crippen molar-refractivity contribution in [2.45, 2.75) is 59.1 Å². The molecule has 0 bridgehead atoms. The van der Waals surface area contributed by atoms with Crippen LogP contribution in [-0.4, -0.2) is 17.2 Å². The van der Waals surface area contributed by atoms with E-state index >= 15 is 0 Å². The van der Waals surface area contributed by atoms with Crippen LogP contribution in [0.1, 0.15) is 53.5 Å². The third-order valence-electron chi connectivity index (χ3n) is 4.75. The lowest BCUT2D eigenvalue weighted by Gasteiger charge is -2.42. The van der Waals surface area contributed by atoms with Crippen LogP contribution >= 0.6 is 0 Å². The molecule has 27 heavy (non-hydrogen) atoms. The van der Waals surface area contributed by atoms with Gasteiger partial charge in [0.25, 0.3) is 0 Å². The first kappa shape index (κ1) is 19.2. The van der Waals surface area contributed by atoms with Crippen LogP contribution in [0.2, 0.25) is 0 Å². The first-order valence-electron chi connectivity index (χ1n) is 9.57. The Morgan fingerprint density at radius 1 is 1.04 bits per heavy atom. The molecule has 0 radical (unpaired) electrons. The molecule has 1 amide bonds. The molecule has 3 nitrogen and oxygen atoms in total. The van der Waals surface area contributed by atoms with E-state index in [9.17, 15) is 4.79 Å². The first-order chi connectivity index (χ1) is 12.6. The molecule has 142 valence electrons. The van der Waals surface area contributed by atoms with Gasteiger partial charge in [0.1, 0.15) is 5.60 Å². The number of ether oxygens (including phenoxy) is 1. The van der Waals surface area contributed by atoms with Crippen LogP contribution in [0, 0.1) is 0 Å². The van der Waals surface area contributed by atoms with Gasteiger partial charge in [-0.1, -0.05) is 49.4 Å². The summed E-state index contributed by atoms with van der Waals surface area (Å²) in [7, 11) is 0. The van der Waals surface area contributed by atoms with Crippen LogP contribution < -0.4 is 4.90 Å². The SMILES string of the molecule is CCC1=CC(C)(C)N(C(=O)OC(C)(C)C)c2ccc(-c3ccccc3)cc21. The number of nitrogens with zero attached hydrogens (tertiary/aromatic N) is 1. The van der Waals surface area contributed by atoms with E-state index in [4.69, 9.17) is 4.74 Å². The fourth-order valence-corrected chi connectivity index (χ4v) is 3.61. The van der Waals surface area contributed by atoms with Crippen LogP contribution in [-0.2, 0) is 4.74 Å². The van der Waals surface area contributed by atoms with E-state index in [-0.39, 0.29) is 6.09 Å². The summed E-state index contributed by atoms with van der Waals surface area (Å²) in [5, 5.41) is 0. The van der Waals surface area contributed by atoms with Crippen molar-refractivity contribution in [3.05, 3.63) is 60.2 Å². The smallest absolute Gasteiger partial charge is 0.415 e. The molecule has 2 aromatic rings. The Morgan fingerprint density at radius 2 is 1.70 bits per heavy atom. The van der Waals surface area contributed by atoms with Crippen LogP contribution in [0.25, 0.3) is 16.7 Å². The summed E-state index contributed by atoms with van der Waals surface area (Å²) in [6.45, 7) is 12.0. The number of hydrogen-bond donors (Lipinski definition) is 0. The molecule has 2 aromatic carbocycles. The maximum atomic E-state index is 13.0. The second-order valence-electron chi connectivity index (χ2n) is 8.59. The number of allylic oxidation sites excluding steroid dienone is 1. The summed E-state index contributed by atoms with van der Waals surface area (Å²) in [6, 6.07) is 16.6. The summed E-state index contributed by atoms with van der Waals surface area (Å²) in [6.07, 6.45) is 2.79. The Bertz CT molecular complexity index is 873. The second-order valence-corrected chi connectivity index (χ2v) is 8.59. The van der Waals surface area contributed by atoms with Gasteiger partial charge in [-0.2, -0.15) is 0 Å². The molecule has 0 fully saturated rings. The third kappa shape index (κ3) is 3.92. The Kier molecular flexibility index (Phi) is 4.90. The minimum absolute atomic E-state index is 0.312. The summed E-state index contributed by atoms with van der Waals surface area (Å²) >= 11 is 0. The fourth-order valence-electron chi connectivity index (χ4n) is 3.61. The van der Waals surface area contributed by atoms with E-state index in [2.05, 4.69) is 51.1 Å². The Balaban J connectivity index is 2.12. The molecular weight excluding hydrogens is 334 g/mol. The van der Waals surface area contributed by atoms with Crippen molar-refractivity contribution < 1.29 is 9.53 Å². The Hall–Kier alpha value is -2.55. The highest BCUT2D eigenvalue weighted by Gasteiger charge is 2.38. The number of rotatable bonds is 2. The predicted molar refractivity (Wildman–Crippen MR) is 113 cm³/mol. The number of anilines is 1. The van der Waals surface area contributed by atoms with E-state index in [1.807, 2.05) is 45.0 Å². The van der Waals surface area contributed by atoms with Gasteiger partial charge in [0.05, 0.1) is 11.2 Å². The van der Waals surface area contributed by atoms with E-state index in [0.717, 1.165) is 23.2 Å². The zero-order valence-electron chi connectivity index (χ0n) is 17.2. The molecule has 0 saturated heterocycles. The zero-order valence-corrected chi connectivity index (χ0v) is 17.2. The van der Waals surface area contributed by atoms with Gasteiger partial charge in [-0.05, 0) is 69.9 Å². The molecule has 0 aliphatic carbocycles. The maximum absolute atomic E-state index is 13.0. The van der Waals surface area contributed by atoms with Crippen molar-refractivity contribution in [2.24, 2.45) is 0 Å². The number of amides is 1. The van der Waals surface area contributed by atoms with Gasteiger partial charge in [-0.3, -0.25) is 4.90 Å². The minimum atomic E-state index is -0.536. The van der Waals surface area contributed by atoms with Crippen molar-refractivity contribution >= 4 is 17.4 Å². The molecular formula is C24H29NO2. The molecule has 3 heteroatoms. The third-order valence-corrected chi connectivity index (χ3v) is 4.75. The largest absolute Gasteiger partial charge is 0.443 e. The lowest BCUT2D eigenvalue weighted by atomic mass is 9.86. The van der Waals surface area contributed by atoms with Gasteiger partial charge in [-0.25, -0.2) is 4.79 Å². The molecule has 0 atom stereocenters. The molecule has 3 rings (SSSR count). The average Bonchev–Trinajstić information content (AvgIpc) is 2.59. The van der Waals surface area contributed by atoms with Gasteiger partial charge in [0.2, 0.25) is 0 Å². The normalized spacial score (nSPS) is 15.8. The van der Waals surface area contributed by atoms with Crippen LogP contribution in [0.15, 0.2) is 54.6 Å². The van der Waals surface area contributed by atoms with Crippen molar-refractivity contribution in [2.75, 3.05) is 4.90 Å². The second kappa shape index (κ2) is 6.88. The summed E-state index contributed by atoms with van der Waals surface area (Å²) in [5.74, 6) is 0. The molecule has 1 heterocycles. The lowest BCUT2D eigenvalue weighted by Crippen LogP contribution is -2.50. The zero-order chi connectivity index (χ0) is 19.8. The first-order valence-corrected chi connectivity index (χ1v) is 9.57. The van der Waals surface area contributed by atoms with Crippen molar-refractivity contribution in [3.8, 4) is 11.1 Å². The Morgan fingerprint density at radius 3 is 2.30 bits per heavy atom. The number of hydrogen-bond acceptors (Lipinski definition) is 2. The predicted octanol–water partition coefficient (Wildman–Crippen LogP) is 6.68. The number of carbonyl (C=O) groups excluding carboxylic acids is 1.